The summed E-state index contributed by atoms with van der Waals surface area (Å²) in [5.74, 6) is 1.72. The number of carbonyl (C=O) groups is 1. The molecule has 1 aliphatic heterocycles. The van der Waals surface area contributed by atoms with Gasteiger partial charge in [0.15, 0.2) is 5.82 Å². The van der Waals surface area contributed by atoms with Crippen molar-refractivity contribution in [3.8, 4) is 0 Å². The monoisotopic (exact) mass is 323 g/mol. The smallest absolute Gasteiger partial charge is 0.224 e. The van der Waals surface area contributed by atoms with Crippen LogP contribution in [0, 0.1) is 5.92 Å². The molecule has 0 aliphatic carbocycles. The lowest BCUT2D eigenvalue weighted by Crippen LogP contribution is -2.33. The van der Waals surface area contributed by atoms with Gasteiger partial charge in [0.1, 0.15) is 5.82 Å². The highest BCUT2D eigenvalue weighted by Gasteiger charge is 2.16. The number of fused-ring (bicyclic) bond motifs is 1. The Morgan fingerprint density at radius 3 is 2.80 bits per heavy atom. The van der Waals surface area contributed by atoms with Gasteiger partial charge in [-0.05, 0) is 12.8 Å². The molecule has 0 bridgehead atoms. The predicted molar refractivity (Wildman–Crippen MR) is 82.1 cm³/mol. The predicted octanol–water partition coefficient (Wildman–Crippen LogP) is 1.06. The molecular formula is C12H23Cl2N5O. The number of nitrogens with two attached hydrogens (primary N) is 1. The molecule has 2 heterocycles. The molecule has 0 spiro atoms. The Kier molecular flexibility index (Phi) is 8.76. The van der Waals surface area contributed by atoms with E-state index >= 15 is 0 Å². The molecule has 0 saturated carbocycles. The van der Waals surface area contributed by atoms with Crippen molar-refractivity contribution < 1.29 is 4.79 Å². The van der Waals surface area contributed by atoms with E-state index in [1.54, 1.807) is 0 Å². The average molecular weight is 324 g/mol. The van der Waals surface area contributed by atoms with Crippen molar-refractivity contribution in [1.29, 1.82) is 0 Å². The van der Waals surface area contributed by atoms with E-state index < -0.39 is 0 Å². The second-order valence-corrected chi connectivity index (χ2v) is 4.85. The van der Waals surface area contributed by atoms with Crippen LogP contribution >= 0.6 is 24.8 Å². The number of carbonyl (C=O) groups excluding carboxylic acids is 1. The van der Waals surface area contributed by atoms with Gasteiger partial charge in [-0.3, -0.25) is 4.79 Å². The third-order valence-electron chi connectivity index (χ3n) is 3.41. The number of nitrogens with zero attached hydrogens (tertiary/aromatic N) is 3. The molecule has 2 rings (SSSR count). The van der Waals surface area contributed by atoms with E-state index in [0.29, 0.717) is 13.1 Å². The minimum absolute atomic E-state index is 0. The van der Waals surface area contributed by atoms with Gasteiger partial charge in [-0.15, -0.1) is 35.0 Å². The van der Waals surface area contributed by atoms with Gasteiger partial charge < -0.3 is 15.6 Å². The van der Waals surface area contributed by atoms with Crippen molar-refractivity contribution in [2.75, 3.05) is 6.54 Å². The van der Waals surface area contributed by atoms with Crippen molar-refractivity contribution in [3.63, 3.8) is 0 Å². The summed E-state index contributed by atoms with van der Waals surface area (Å²) in [5.41, 5.74) is 5.46. The van der Waals surface area contributed by atoms with Crippen molar-refractivity contribution in [3.05, 3.63) is 11.6 Å². The summed E-state index contributed by atoms with van der Waals surface area (Å²) in [6.07, 6.45) is 4.55. The summed E-state index contributed by atoms with van der Waals surface area (Å²) in [6.45, 7) is 3.58. The normalized spacial score (nSPS) is 15.1. The van der Waals surface area contributed by atoms with Gasteiger partial charge in [0.05, 0.1) is 6.54 Å². The molecular weight excluding hydrogens is 301 g/mol. The molecule has 0 radical (unpaired) electrons. The van der Waals surface area contributed by atoms with Gasteiger partial charge >= 0.3 is 0 Å². The van der Waals surface area contributed by atoms with Gasteiger partial charge in [0, 0.05) is 25.4 Å². The number of hydrogen-bond donors (Lipinski definition) is 2. The van der Waals surface area contributed by atoms with Gasteiger partial charge in [0.2, 0.25) is 5.91 Å². The van der Waals surface area contributed by atoms with E-state index in [-0.39, 0.29) is 36.6 Å². The van der Waals surface area contributed by atoms with Crippen LogP contribution < -0.4 is 11.1 Å². The van der Waals surface area contributed by atoms with Crippen molar-refractivity contribution in [2.24, 2.45) is 11.7 Å². The Balaban J connectivity index is 0.00000180. The second kappa shape index (κ2) is 9.15. The fourth-order valence-corrected chi connectivity index (χ4v) is 2.12. The zero-order valence-electron chi connectivity index (χ0n) is 11.7. The van der Waals surface area contributed by atoms with Crippen LogP contribution in [0.5, 0.6) is 0 Å². The summed E-state index contributed by atoms with van der Waals surface area (Å²) in [6, 6.07) is 0. The third-order valence-corrected chi connectivity index (χ3v) is 3.41. The van der Waals surface area contributed by atoms with Gasteiger partial charge in [0.25, 0.3) is 0 Å². The van der Waals surface area contributed by atoms with Crippen LogP contribution in [0.3, 0.4) is 0 Å². The minimum Gasteiger partial charge on any atom is -0.349 e. The molecule has 0 aromatic carbocycles. The Morgan fingerprint density at radius 2 is 2.10 bits per heavy atom. The Bertz CT molecular complexity index is 424. The van der Waals surface area contributed by atoms with Crippen LogP contribution in [0.25, 0.3) is 0 Å². The molecule has 3 N–H and O–H groups in total. The molecule has 1 aliphatic rings. The first-order valence-electron chi connectivity index (χ1n) is 6.61. The molecule has 0 saturated heterocycles. The first kappa shape index (κ1) is 19.1. The molecule has 6 nitrogen and oxygen atoms in total. The number of aromatic nitrogens is 3. The first-order chi connectivity index (χ1) is 8.72. The highest BCUT2D eigenvalue weighted by molar-refractivity contribution is 5.85. The summed E-state index contributed by atoms with van der Waals surface area (Å²) in [5, 5.41) is 11.2. The molecule has 0 fully saturated rings. The summed E-state index contributed by atoms with van der Waals surface area (Å²) in [4.78, 5) is 11.7. The van der Waals surface area contributed by atoms with E-state index in [4.69, 9.17) is 5.73 Å². The van der Waals surface area contributed by atoms with Crippen LogP contribution in [-0.4, -0.2) is 27.2 Å². The number of nitrogens with one attached hydrogen (secondary N) is 1. The van der Waals surface area contributed by atoms with Crippen LogP contribution in [0.1, 0.15) is 37.8 Å². The van der Waals surface area contributed by atoms with E-state index in [2.05, 4.69) is 20.1 Å². The Morgan fingerprint density at radius 1 is 1.35 bits per heavy atom. The van der Waals surface area contributed by atoms with E-state index in [1.165, 1.54) is 12.8 Å². The zero-order chi connectivity index (χ0) is 13.0. The number of halogens is 2. The maximum absolute atomic E-state index is 11.7. The van der Waals surface area contributed by atoms with Crippen molar-refractivity contribution >= 4 is 30.7 Å². The Hall–Kier alpha value is -0.850. The van der Waals surface area contributed by atoms with Crippen LogP contribution in [-0.2, 0) is 24.3 Å². The lowest BCUT2D eigenvalue weighted by atomic mass is 10.2. The molecule has 1 amide bonds. The topological polar surface area (TPSA) is 85.8 Å². The van der Waals surface area contributed by atoms with Gasteiger partial charge in [-0.2, -0.15) is 0 Å². The molecule has 1 unspecified atom stereocenters. The van der Waals surface area contributed by atoms with Crippen molar-refractivity contribution in [1.82, 2.24) is 20.1 Å². The molecule has 1 aromatic heterocycles. The highest BCUT2D eigenvalue weighted by atomic mass is 35.5. The molecule has 1 aromatic rings. The number of aryl methyl sites for hydroxylation is 1. The average Bonchev–Trinajstić information content (AvgIpc) is 2.62. The van der Waals surface area contributed by atoms with Crippen LogP contribution in [0.15, 0.2) is 0 Å². The number of rotatable bonds is 4. The molecule has 116 valence electrons. The largest absolute Gasteiger partial charge is 0.349 e. The number of amides is 1. The highest BCUT2D eigenvalue weighted by Crippen LogP contribution is 2.14. The lowest BCUT2D eigenvalue weighted by molar-refractivity contribution is -0.124. The van der Waals surface area contributed by atoms with Gasteiger partial charge in [-0.1, -0.05) is 13.3 Å². The Labute approximate surface area is 131 Å². The van der Waals surface area contributed by atoms with E-state index in [9.17, 15) is 4.79 Å². The van der Waals surface area contributed by atoms with E-state index in [1.807, 2.05) is 6.92 Å². The molecule has 8 heteroatoms. The molecule has 1 atom stereocenters. The summed E-state index contributed by atoms with van der Waals surface area (Å²) in [7, 11) is 0. The summed E-state index contributed by atoms with van der Waals surface area (Å²) >= 11 is 0. The summed E-state index contributed by atoms with van der Waals surface area (Å²) < 4.78 is 2.14. The van der Waals surface area contributed by atoms with Gasteiger partial charge in [-0.25, -0.2) is 0 Å². The maximum Gasteiger partial charge on any atom is 0.224 e. The maximum atomic E-state index is 11.7. The van der Waals surface area contributed by atoms with Crippen LogP contribution in [0.4, 0.5) is 0 Å². The third kappa shape index (κ3) is 4.61. The minimum atomic E-state index is -0.156. The quantitative estimate of drug-likeness (QED) is 0.867. The standard InChI is InChI=1S/C12H21N5O.2ClH/c1-9(7-13)12(18)14-8-11-16-15-10-5-3-2-4-6-17(10)11;;/h9H,2-8,13H2,1H3,(H,14,18);2*1H. The second-order valence-electron chi connectivity index (χ2n) is 4.85. The van der Waals surface area contributed by atoms with Crippen LogP contribution in [0.2, 0.25) is 0 Å². The number of hydrogen-bond acceptors (Lipinski definition) is 4. The molecule has 20 heavy (non-hydrogen) atoms. The first-order valence-corrected chi connectivity index (χ1v) is 6.61. The SMILES string of the molecule is CC(CN)C(=O)NCc1nnc2n1CCCCC2.Cl.Cl. The van der Waals surface area contributed by atoms with E-state index in [0.717, 1.165) is 31.0 Å². The zero-order valence-corrected chi connectivity index (χ0v) is 13.3. The van der Waals surface area contributed by atoms with Crippen molar-refractivity contribution in [2.45, 2.75) is 45.7 Å². The fraction of sp³-hybridized carbons (Fsp3) is 0.750. The lowest BCUT2D eigenvalue weighted by Gasteiger charge is -2.10. The fourth-order valence-electron chi connectivity index (χ4n) is 2.12.